The van der Waals surface area contributed by atoms with Gasteiger partial charge in [-0.05, 0) is 43.4 Å². The molecule has 3 saturated carbocycles. The van der Waals surface area contributed by atoms with Crippen LogP contribution in [-0.4, -0.2) is 6.04 Å². The normalized spacial score (nSPS) is 49.6. The molecule has 1 nitrogen and oxygen atoms in total. The summed E-state index contributed by atoms with van der Waals surface area (Å²) in [4.78, 5) is 0. The molecule has 2 N–H and O–H groups in total. The Balaban J connectivity index is 2.12. The van der Waals surface area contributed by atoms with E-state index in [9.17, 15) is 0 Å². The molecule has 1 heteroatoms. The first-order valence-electron chi connectivity index (χ1n) is 5.01. The number of fused-ring (bicyclic) bond motifs is 3. The van der Waals surface area contributed by atoms with Crippen molar-refractivity contribution in [3.8, 4) is 0 Å². The predicted molar refractivity (Wildman–Crippen MR) is 47.3 cm³/mol. The van der Waals surface area contributed by atoms with Gasteiger partial charge in [0.2, 0.25) is 0 Å². The van der Waals surface area contributed by atoms with Gasteiger partial charge in [0.15, 0.2) is 0 Å². The average Bonchev–Trinajstić information content (AvgIpc) is 2.06. The van der Waals surface area contributed by atoms with E-state index in [0.29, 0.717) is 11.5 Å². The molecule has 0 saturated heterocycles. The lowest BCUT2D eigenvalue weighted by Crippen LogP contribution is -2.46. The molecule has 0 amide bonds. The van der Waals surface area contributed by atoms with Crippen molar-refractivity contribution in [2.24, 2.45) is 17.1 Å². The number of rotatable bonds is 1. The fraction of sp³-hybridized carbons (Fsp3) is 1.00. The Morgan fingerprint density at radius 2 is 2.00 bits per heavy atom. The summed E-state index contributed by atoms with van der Waals surface area (Å²) < 4.78 is 0. The van der Waals surface area contributed by atoms with Crippen LogP contribution in [0.25, 0.3) is 0 Å². The number of hydrogen-bond acceptors (Lipinski definition) is 1. The summed E-state index contributed by atoms with van der Waals surface area (Å²) in [6, 6.07) is 0.539. The molecule has 0 radical (unpaired) electrons. The van der Waals surface area contributed by atoms with Gasteiger partial charge in [0.1, 0.15) is 0 Å². The maximum atomic E-state index is 6.08. The van der Waals surface area contributed by atoms with Crippen molar-refractivity contribution in [3.63, 3.8) is 0 Å². The Bertz CT molecular complexity index is 145. The second kappa shape index (κ2) is 2.48. The van der Waals surface area contributed by atoms with Gasteiger partial charge in [0.25, 0.3) is 0 Å². The first kappa shape index (κ1) is 7.60. The summed E-state index contributed by atoms with van der Waals surface area (Å²) >= 11 is 0. The van der Waals surface area contributed by atoms with E-state index in [1.807, 2.05) is 0 Å². The van der Waals surface area contributed by atoms with Gasteiger partial charge in [0, 0.05) is 6.04 Å². The fourth-order valence-electron chi connectivity index (χ4n) is 3.05. The Morgan fingerprint density at radius 1 is 1.36 bits per heavy atom. The van der Waals surface area contributed by atoms with Crippen LogP contribution in [0.5, 0.6) is 0 Å². The molecule has 3 aliphatic rings. The molecule has 0 aromatic rings. The van der Waals surface area contributed by atoms with Gasteiger partial charge < -0.3 is 5.73 Å². The first-order chi connectivity index (χ1) is 5.26. The second-order valence-electron chi connectivity index (χ2n) is 4.56. The minimum atomic E-state index is 0.539. The Labute approximate surface area is 69.4 Å². The molecule has 2 bridgehead atoms. The van der Waals surface area contributed by atoms with E-state index in [1.165, 1.54) is 38.5 Å². The highest BCUT2D eigenvalue weighted by molar-refractivity contribution is 4.96. The molecular weight excluding hydrogens is 134 g/mol. The third-order valence-electron chi connectivity index (χ3n) is 4.12. The van der Waals surface area contributed by atoms with Crippen LogP contribution in [-0.2, 0) is 0 Å². The maximum absolute atomic E-state index is 6.08. The monoisotopic (exact) mass is 153 g/mol. The van der Waals surface area contributed by atoms with Gasteiger partial charge in [0.05, 0.1) is 0 Å². The summed E-state index contributed by atoms with van der Waals surface area (Å²) in [5.41, 5.74) is 6.76. The summed E-state index contributed by atoms with van der Waals surface area (Å²) in [7, 11) is 0. The van der Waals surface area contributed by atoms with Crippen molar-refractivity contribution < 1.29 is 0 Å². The van der Waals surface area contributed by atoms with E-state index in [2.05, 4.69) is 6.92 Å². The molecule has 1 atom stereocenters. The van der Waals surface area contributed by atoms with Gasteiger partial charge in [-0.15, -0.1) is 0 Å². The summed E-state index contributed by atoms with van der Waals surface area (Å²) in [5, 5.41) is 0. The van der Waals surface area contributed by atoms with Crippen LogP contribution in [0, 0.1) is 11.3 Å². The molecular formula is C10H19N. The van der Waals surface area contributed by atoms with E-state index in [4.69, 9.17) is 5.73 Å². The Kier molecular flexibility index (Phi) is 1.71. The standard InChI is InChI=1S/C10H19N/c1-2-10-5-3-8(4-6-10)9(11)7-10/h8-9H,2-7,11H2,1H3/t8?,9-,10?/m0/s1. The van der Waals surface area contributed by atoms with E-state index in [-0.39, 0.29) is 0 Å². The minimum absolute atomic E-state index is 0.539. The van der Waals surface area contributed by atoms with Crippen LogP contribution in [0.4, 0.5) is 0 Å². The summed E-state index contributed by atoms with van der Waals surface area (Å²) in [5.74, 6) is 0.878. The molecule has 0 aliphatic heterocycles. The lowest BCUT2D eigenvalue weighted by molar-refractivity contribution is 0.0429. The fourth-order valence-corrected chi connectivity index (χ4v) is 3.05. The zero-order valence-corrected chi connectivity index (χ0v) is 7.47. The number of hydrogen-bond donors (Lipinski definition) is 1. The third-order valence-corrected chi connectivity index (χ3v) is 4.12. The van der Waals surface area contributed by atoms with Gasteiger partial charge in [-0.3, -0.25) is 0 Å². The highest BCUT2D eigenvalue weighted by atomic mass is 14.7. The minimum Gasteiger partial charge on any atom is -0.327 e. The highest BCUT2D eigenvalue weighted by Crippen LogP contribution is 2.51. The Hall–Kier alpha value is -0.0400. The zero-order valence-electron chi connectivity index (χ0n) is 7.47. The van der Waals surface area contributed by atoms with E-state index < -0.39 is 0 Å². The van der Waals surface area contributed by atoms with Gasteiger partial charge in [-0.1, -0.05) is 13.3 Å². The van der Waals surface area contributed by atoms with Crippen LogP contribution >= 0.6 is 0 Å². The summed E-state index contributed by atoms with van der Waals surface area (Å²) in [6.45, 7) is 2.33. The van der Waals surface area contributed by atoms with Crippen LogP contribution in [0.1, 0.15) is 45.4 Å². The van der Waals surface area contributed by atoms with Crippen LogP contribution < -0.4 is 5.73 Å². The van der Waals surface area contributed by atoms with Gasteiger partial charge >= 0.3 is 0 Å². The lowest BCUT2D eigenvalue weighted by Gasteiger charge is -2.49. The average molecular weight is 153 g/mol. The van der Waals surface area contributed by atoms with E-state index in [0.717, 1.165) is 5.92 Å². The van der Waals surface area contributed by atoms with Gasteiger partial charge in [-0.25, -0.2) is 0 Å². The zero-order chi connectivity index (χ0) is 7.90. The molecule has 0 heterocycles. The summed E-state index contributed by atoms with van der Waals surface area (Å²) in [6.07, 6.45) is 8.41. The van der Waals surface area contributed by atoms with E-state index >= 15 is 0 Å². The molecule has 0 aromatic heterocycles. The van der Waals surface area contributed by atoms with Crippen LogP contribution in [0.3, 0.4) is 0 Å². The molecule has 11 heavy (non-hydrogen) atoms. The third kappa shape index (κ3) is 1.10. The molecule has 64 valence electrons. The van der Waals surface area contributed by atoms with Crippen molar-refractivity contribution in [3.05, 3.63) is 0 Å². The predicted octanol–water partition coefficient (Wildman–Crippen LogP) is 2.30. The first-order valence-corrected chi connectivity index (χ1v) is 5.01. The van der Waals surface area contributed by atoms with Crippen LogP contribution in [0.15, 0.2) is 0 Å². The van der Waals surface area contributed by atoms with Crippen molar-refractivity contribution in [1.29, 1.82) is 0 Å². The SMILES string of the molecule is CCC12CCC(CC1)[C@@H](N)C2. The topological polar surface area (TPSA) is 26.0 Å². The molecule has 0 aromatic carbocycles. The quantitative estimate of drug-likeness (QED) is 0.614. The second-order valence-corrected chi connectivity index (χ2v) is 4.56. The van der Waals surface area contributed by atoms with Gasteiger partial charge in [-0.2, -0.15) is 0 Å². The molecule has 3 aliphatic carbocycles. The van der Waals surface area contributed by atoms with Crippen molar-refractivity contribution in [1.82, 2.24) is 0 Å². The van der Waals surface area contributed by atoms with Crippen LogP contribution in [0.2, 0.25) is 0 Å². The maximum Gasteiger partial charge on any atom is 0.00724 e. The highest BCUT2D eigenvalue weighted by Gasteiger charge is 2.42. The van der Waals surface area contributed by atoms with Crippen molar-refractivity contribution >= 4 is 0 Å². The molecule has 0 unspecified atom stereocenters. The number of nitrogens with two attached hydrogens (primary N) is 1. The Morgan fingerprint density at radius 3 is 2.36 bits per heavy atom. The van der Waals surface area contributed by atoms with Crippen molar-refractivity contribution in [2.75, 3.05) is 0 Å². The smallest absolute Gasteiger partial charge is 0.00724 e. The lowest BCUT2D eigenvalue weighted by atomic mass is 9.58. The van der Waals surface area contributed by atoms with Crippen molar-refractivity contribution in [2.45, 2.75) is 51.5 Å². The molecule has 3 fully saturated rings. The molecule has 0 spiro atoms. The van der Waals surface area contributed by atoms with E-state index in [1.54, 1.807) is 0 Å². The molecule has 3 rings (SSSR count). The largest absolute Gasteiger partial charge is 0.327 e.